The lowest BCUT2D eigenvalue weighted by Gasteiger charge is -2.13. The van der Waals surface area contributed by atoms with E-state index >= 15 is 0 Å². The molecule has 3 aromatic rings. The Bertz CT molecular complexity index is 1110. The van der Waals surface area contributed by atoms with Gasteiger partial charge in [0.1, 0.15) is 40.5 Å². The molecule has 0 spiro atoms. The summed E-state index contributed by atoms with van der Waals surface area (Å²) in [6, 6.07) is 4.37. The van der Waals surface area contributed by atoms with Crippen molar-refractivity contribution in [2.24, 2.45) is 0 Å². The summed E-state index contributed by atoms with van der Waals surface area (Å²) in [5.41, 5.74) is -3.63. The Hall–Kier alpha value is -2.97. The Morgan fingerprint density at radius 1 is 0.576 bits per heavy atom. The highest BCUT2D eigenvalue weighted by atomic mass is 19.4. The van der Waals surface area contributed by atoms with E-state index in [0.29, 0.717) is 18.4 Å². The first-order valence-electron chi connectivity index (χ1n) is 9.93. The van der Waals surface area contributed by atoms with E-state index in [9.17, 15) is 39.5 Å². The molecule has 0 heterocycles. The van der Waals surface area contributed by atoms with Gasteiger partial charge < -0.3 is 0 Å². The lowest BCUT2D eigenvalue weighted by molar-refractivity contribution is -0.142. The molecule has 0 saturated heterocycles. The van der Waals surface area contributed by atoms with Crippen LogP contribution >= 0.6 is 0 Å². The fourth-order valence-electron chi connectivity index (χ4n) is 3.63. The Morgan fingerprint density at radius 3 is 1.48 bits per heavy atom. The zero-order valence-corrected chi connectivity index (χ0v) is 17.2. The molecule has 0 radical (unpaired) electrons. The van der Waals surface area contributed by atoms with E-state index in [-0.39, 0.29) is 36.1 Å². The van der Waals surface area contributed by atoms with Crippen LogP contribution in [0.4, 0.5) is 39.5 Å². The Morgan fingerprint density at radius 2 is 1.03 bits per heavy atom. The van der Waals surface area contributed by atoms with E-state index in [4.69, 9.17) is 0 Å². The lowest BCUT2D eigenvalue weighted by Crippen LogP contribution is -2.11. The number of hydrogen-bond acceptors (Lipinski definition) is 0. The zero-order chi connectivity index (χ0) is 24.5. The molecule has 3 aromatic carbocycles. The van der Waals surface area contributed by atoms with Crippen LogP contribution in [0.15, 0.2) is 36.4 Å². The van der Waals surface area contributed by atoms with Gasteiger partial charge in [0.2, 0.25) is 0 Å². The molecule has 33 heavy (non-hydrogen) atoms. The molecule has 176 valence electrons. The van der Waals surface area contributed by atoms with E-state index in [1.54, 1.807) is 0 Å². The van der Waals surface area contributed by atoms with E-state index in [2.05, 4.69) is 0 Å². The Labute approximate surface area is 183 Å². The monoisotopic (exact) mass is 476 g/mol. The van der Waals surface area contributed by atoms with Crippen LogP contribution in [0, 0.1) is 34.9 Å². The molecule has 0 aliphatic carbocycles. The van der Waals surface area contributed by atoms with Crippen molar-refractivity contribution in [3.63, 3.8) is 0 Å². The summed E-state index contributed by atoms with van der Waals surface area (Å²) in [5, 5.41) is 0. The van der Waals surface area contributed by atoms with E-state index < -0.39 is 57.8 Å². The van der Waals surface area contributed by atoms with Crippen LogP contribution in [0.3, 0.4) is 0 Å². The Kier molecular flexibility index (Phi) is 7.09. The molecule has 0 aliphatic rings. The van der Waals surface area contributed by atoms with E-state index in [1.165, 1.54) is 12.1 Å². The molecular weight excluding hydrogens is 459 g/mol. The minimum Gasteiger partial charge on any atom is -0.207 e. The normalized spacial score (nSPS) is 11.8. The maximum Gasteiger partial charge on any atom is 0.422 e. The van der Waals surface area contributed by atoms with Crippen molar-refractivity contribution in [2.75, 3.05) is 0 Å². The molecule has 0 atom stereocenters. The van der Waals surface area contributed by atoms with Gasteiger partial charge in [0.05, 0.1) is 5.56 Å². The van der Waals surface area contributed by atoms with Crippen LogP contribution in [0.25, 0.3) is 11.1 Å². The van der Waals surface area contributed by atoms with Crippen molar-refractivity contribution in [1.29, 1.82) is 0 Å². The minimum atomic E-state index is -5.33. The van der Waals surface area contributed by atoms with Gasteiger partial charge >= 0.3 is 6.18 Å². The van der Waals surface area contributed by atoms with Crippen LogP contribution in [-0.2, 0) is 25.4 Å². The van der Waals surface area contributed by atoms with Gasteiger partial charge in [-0.05, 0) is 72.4 Å². The third kappa shape index (κ3) is 5.34. The molecule has 9 heteroatoms. The summed E-state index contributed by atoms with van der Waals surface area (Å²) in [4.78, 5) is 0. The molecule has 0 aromatic heterocycles. The molecule has 0 bridgehead atoms. The largest absolute Gasteiger partial charge is 0.422 e. The summed E-state index contributed by atoms with van der Waals surface area (Å²) in [6.07, 6.45) is -4.53. The second kappa shape index (κ2) is 9.49. The minimum absolute atomic E-state index is 0.00181. The predicted molar refractivity (Wildman–Crippen MR) is 104 cm³/mol. The topological polar surface area (TPSA) is 0 Å². The summed E-state index contributed by atoms with van der Waals surface area (Å²) in [7, 11) is 0. The van der Waals surface area contributed by atoms with Gasteiger partial charge in [-0.2, -0.15) is 13.2 Å². The second-order valence-corrected chi connectivity index (χ2v) is 7.54. The van der Waals surface area contributed by atoms with Crippen LogP contribution in [0.2, 0.25) is 0 Å². The van der Waals surface area contributed by atoms with Crippen LogP contribution < -0.4 is 0 Å². The van der Waals surface area contributed by atoms with Crippen molar-refractivity contribution < 1.29 is 39.5 Å². The summed E-state index contributed by atoms with van der Waals surface area (Å²) in [5.74, 6) is -8.18. The molecule has 0 amide bonds. The van der Waals surface area contributed by atoms with Crippen LogP contribution in [0.5, 0.6) is 0 Å². The van der Waals surface area contributed by atoms with Gasteiger partial charge in [-0.25, -0.2) is 26.3 Å². The molecule has 0 aliphatic heterocycles. The molecular formula is C24H17F9. The average Bonchev–Trinajstić information content (AvgIpc) is 2.65. The van der Waals surface area contributed by atoms with Crippen molar-refractivity contribution in [3.8, 4) is 11.1 Å². The number of benzene rings is 3. The third-order valence-corrected chi connectivity index (χ3v) is 5.12. The van der Waals surface area contributed by atoms with Crippen LogP contribution in [-0.4, -0.2) is 0 Å². The second-order valence-electron chi connectivity index (χ2n) is 7.54. The number of halogens is 9. The molecule has 0 nitrogen and oxygen atoms in total. The third-order valence-electron chi connectivity index (χ3n) is 5.12. The first-order valence-corrected chi connectivity index (χ1v) is 9.93. The highest BCUT2D eigenvalue weighted by Gasteiger charge is 2.38. The number of aryl methyl sites for hydroxylation is 2. The fraction of sp³-hybridized carbons (Fsp3) is 0.250. The molecule has 0 N–H and O–H groups in total. The SMILES string of the molecule is CCCc1cc(F)c(CCc2cc(F)c(-c3cc(F)c(C(F)(F)F)c(F)c3)c(F)c2)c(F)c1. The highest BCUT2D eigenvalue weighted by molar-refractivity contribution is 5.66. The van der Waals surface area contributed by atoms with Gasteiger partial charge in [-0.3, -0.25) is 0 Å². The first-order chi connectivity index (χ1) is 15.4. The highest BCUT2D eigenvalue weighted by Crippen LogP contribution is 2.37. The van der Waals surface area contributed by atoms with E-state index in [1.807, 2.05) is 6.92 Å². The fourth-order valence-corrected chi connectivity index (χ4v) is 3.63. The van der Waals surface area contributed by atoms with Gasteiger partial charge in [-0.1, -0.05) is 13.3 Å². The number of alkyl halides is 3. The lowest BCUT2D eigenvalue weighted by atomic mass is 9.97. The van der Waals surface area contributed by atoms with Crippen molar-refractivity contribution in [3.05, 3.63) is 93.6 Å². The van der Waals surface area contributed by atoms with Crippen molar-refractivity contribution >= 4 is 0 Å². The molecule has 3 rings (SSSR count). The van der Waals surface area contributed by atoms with Gasteiger partial charge in [0, 0.05) is 5.56 Å². The molecule has 0 unspecified atom stereocenters. The van der Waals surface area contributed by atoms with Gasteiger partial charge in [-0.15, -0.1) is 0 Å². The predicted octanol–water partition coefficient (Wildman–Crippen LogP) is 7.94. The maximum absolute atomic E-state index is 14.6. The maximum atomic E-state index is 14.6. The standard InChI is InChI=1S/C24H17F9/c1-2-3-12-6-16(25)15(17(26)7-12)5-4-13-8-18(27)22(19(28)9-13)14-10-20(29)23(21(30)11-14)24(31,32)33/h6-11H,2-5H2,1H3. The van der Waals surface area contributed by atoms with Crippen molar-refractivity contribution in [2.45, 2.75) is 38.8 Å². The molecule has 0 fully saturated rings. The van der Waals surface area contributed by atoms with E-state index in [0.717, 1.165) is 12.1 Å². The summed E-state index contributed by atoms with van der Waals surface area (Å²) < 4.78 is 123. The molecule has 0 saturated carbocycles. The quantitative estimate of drug-likeness (QED) is 0.317. The first kappa shape index (κ1) is 24.7. The zero-order valence-electron chi connectivity index (χ0n) is 17.2. The van der Waals surface area contributed by atoms with Crippen LogP contribution in [0.1, 0.15) is 35.6 Å². The summed E-state index contributed by atoms with van der Waals surface area (Å²) in [6.45, 7) is 1.85. The number of rotatable bonds is 6. The Balaban J connectivity index is 1.89. The summed E-state index contributed by atoms with van der Waals surface area (Å²) >= 11 is 0. The van der Waals surface area contributed by atoms with Crippen molar-refractivity contribution in [1.82, 2.24) is 0 Å². The van der Waals surface area contributed by atoms with Gasteiger partial charge in [0.25, 0.3) is 0 Å². The van der Waals surface area contributed by atoms with Gasteiger partial charge in [0.15, 0.2) is 0 Å². The average molecular weight is 476 g/mol. The smallest absolute Gasteiger partial charge is 0.207 e. The number of hydrogen-bond donors (Lipinski definition) is 0.